The molecule has 0 bridgehead atoms. The SMILES string of the molecule is COc1cc(C=Cc2cc(C)n(CC(=O)O)n2)cc(OC)c1O. The number of benzene rings is 1. The number of hydrogen-bond acceptors (Lipinski definition) is 5. The molecule has 2 rings (SSSR count). The number of aromatic nitrogens is 2. The highest BCUT2D eigenvalue weighted by Gasteiger charge is 2.10. The highest BCUT2D eigenvalue weighted by Crippen LogP contribution is 2.37. The topological polar surface area (TPSA) is 93.8 Å². The van der Waals surface area contributed by atoms with Crippen LogP contribution in [0.3, 0.4) is 0 Å². The Balaban J connectivity index is 2.28. The molecule has 1 aromatic heterocycles. The Morgan fingerprint density at radius 1 is 1.22 bits per heavy atom. The van der Waals surface area contributed by atoms with Gasteiger partial charge in [-0.1, -0.05) is 6.08 Å². The van der Waals surface area contributed by atoms with E-state index in [-0.39, 0.29) is 12.3 Å². The number of aliphatic carboxylic acids is 1. The van der Waals surface area contributed by atoms with E-state index in [2.05, 4.69) is 5.10 Å². The quantitative estimate of drug-likeness (QED) is 0.848. The Hall–Kier alpha value is -2.96. The molecule has 0 saturated heterocycles. The smallest absolute Gasteiger partial charge is 0.325 e. The van der Waals surface area contributed by atoms with Crippen LogP contribution in [0.25, 0.3) is 12.2 Å². The molecule has 0 atom stereocenters. The first-order valence-corrected chi connectivity index (χ1v) is 6.84. The van der Waals surface area contributed by atoms with Gasteiger partial charge in [0.25, 0.3) is 0 Å². The second-order valence-corrected chi connectivity index (χ2v) is 4.87. The number of carbonyl (C=O) groups is 1. The van der Waals surface area contributed by atoms with Gasteiger partial charge < -0.3 is 19.7 Å². The number of ether oxygens (including phenoxy) is 2. The summed E-state index contributed by atoms with van der Waals surface area (Å²) in [7, 11) is 2.91. The third kappa shape index (κ3) is 3.82. The summed E-state index contributed by atoms with van der Waals surface area (Å²) in [6.07, 6.45) is 3.52. The molecule has 1 heterocycles. The number of phenolic OH excluding ortho intramolecular Hbond substituents is 1. The predicted octanol–water partition coefficient (Wildman–Crippen LogP) is 2.17. The van der Waals surface area contributed by atoms with Gasteiger partial charge >= 0.3 is 5.97 Å². The number of rotatable bonds is 6. The largest absolute Gasteiger partial charge is 0.502 e. The van der Waals surface area contributed by atoms with Gasteiger partial charge in [0, 0.05) is 5.69 Å². The first-order chi connectivity index (χ1) is 10.9. The number of methoxy groups -OCH3 is 2. The molecule has 0 radical (unpaired) electrons. The molecule has 2 aromatic rings. The molecule has 0 amide bonds. The number of hydrogen-bond donors (Lipinski definition) is 2. The van der Waals surface area contributed by atoms with Crippen LogP contribution < -0.4 is 9.47 Å². The van der Waals surface area contributed by atoms with Crippen molar-refractivity contribution in [2.75, 3.05) is 14.2 Å². The molecule has 0 fully saturated rings. The lowest BCUT2D eigenvalue weighted by molar-refractivity contribution is -0.137. The number of carboxylic acid groups (broad SMARTS) is 1. The minimum absolute atomic E-state index is 0.0614. The van der Waals surface area contributed by atoms with E-state index >= 15 is 0 Å². The molecule has 0 aliphatic carbocycles. The average molecular weight is 318 g/mol. The van der Waals surface area contributed by atoms with Crippen LogP contribution >= 0.6 is 0 Å². The van der Waals surface area contributed by atoms with Crippen molar-refractivity contribution >= 4 is 18.1 Å². The van der Waals surface area contributed by atoms with E-state index in [0.717, 1.165) is 11.3 Å². The monoisotopic (exact) mass is 318 g/mol. The van der Waals surface area contributed by atoms with Gasteiger partial charge in [-0.3, -0.25) is 9.48 Å². The van der Waals surface area contributed by atoms with Crippen molar-refractivity contribution in [2.45, 2.75) is 13.5 Å². The zero-order valence-corrected chi connectivity index (χ0v) is 13.1. The normalized spacial score (nSPS) is 10.9. The minimum atomic E-state index is -0.945. The Morgan fingerprint density at radius 3 is 2.35 bits per heavy atom. The third-order valence-corrected chi connectivity index (χ3v) is 3.23. The molecule has 7 nitrogen and oxygen atoms in total. The fraction of sp³-hybridized carbons (Fsp3) is 0.250. The van der Waals surface area contributed by atoms with Crippen LogP contribution in [0.4, 0.5) is 0 Å². The van der Waals surface area contributed by atoms with E-state index < -0.39 is 5.97 Å². The molecular formula is C16H18N2O5. The number of phenols is 1. The highest BCUT2D eigenvalue weighted by molar-refractivity contribution is 5.72. The Bertz CT molecular complexity index is 724. The summed E-state index contributed by atoms with van der Waals surface area (Å²) in [6.45, 7) is 1.61. The molecule has 0 aliphatic rings. The van der Waals surface area contributed by atoms with Gasteiger partial charge in [-0.05, 0) is 36.8 Å². The van der Waals surface area contributed by atoms with Crippen LogP contribution in [-0.2, 0) is 11.3 Å². The summed E-state index contributed by atoms with van der Waals surface area (Å²) in [5.74, 6) is -0.401. The lowest BCUT2D eigenvalue weighted by atomic mass is 10.1. The van der Waals surface area contributed by atoms with Crippen molar-refractivity contribution in [3.63, 3.8) is 0 Å². The van der Waals surface area contributed by atoms with E-state index in [9.17, 15) is 9.90 Å². The summed E-state index contributed by atoms with van der Waals surface area (Å²) in [6, 6.07) is 5.11. The summed E-state index contributed by atoms with van der Waals surface area (Å²) in [5.41, 5.74) is 2.14. The standard InChI is InChI=1S/C16H18N2O5/c1-10-6-12(17-18(10)9-15(19)20)5-4-11-7-13(22-2)16(21)14(8-11)23-3/h4-8,21H,9H2,1-3H3,(H,19,20). The summed E-state index contributed by atoms with van der Waals surface area (Å²) < 4.78 is 11.6. The molecule has 2 N–H and O–H groups in total. The fourth-order valence-electron chi connectivity index (χ4n) is 2.10. The van der Waals surface area contributed by atoms with Crippen LogP contribution in [0.1, 0.15) is 17.0 Å². The highest BCUT2D eigenvalue weighted by atomic mass is 16.5. The van der Waals surface area contributed by atoms with E-state index in [1.807, 2.05) is 0 Å². The van der Waals surface area contributed by atoms with Gasteiger partial charge in [-0.25, -0.2) is 0 Å². The van der Waals surface area contributed by atoms with Crippen LogP contribution in [-0.4, -0.2) is 40.2 Å². The molecule has 23 heavy (non-hydrogen) atoms. The maximum atomic E-state index is 10.8. The van der Waals surface area contributed by atoms with E-state index in [1.165, 1.54) is 18.9 Å². The predicted molar refractivity (Wildman–Crippen MR) is 84.7 cm³/mol. The fourth-order valence-corrected chi connectivity index (χ4v) is 2.10. The van der Waals surface area contributed by atoms with E-state index in [4.69, 9.17) is 14.6 Å². The van der Waals surface area contributed by atoms with E-state index in [1.54, 1.807) is 37.3 Å². The first-order valence-electron chi connectivity index (χ1n) is 6.84. The van der Waals surface area contributed by atoms with Crippen molar-refractivity contribution in [3.05, 3.63) is 35.2 Å². The summed E-state index contributed by atoms with van der Waals surface area (Å²) in [4.78, 5) is 10.8. The van der Waals surface area contributed by atoms with Crippen molar-refractivity contribution in [3.8, 4) is 17.2 Å². The average Bonchev–Trinajstić information content (AvgIpc) is 2.85. The maximum absolute atomic E-state index is 10.8. The number of aryl methyl sites for hydroxylation is 1. The number of aromatic hydroxyl groups is 1. The first kappa shape index (κ1) is 16.4. The third-order valence-electron chi connectivity index (χ3n) is 3.23. The molecule has 0 unspecified atom stereocenters. The van der Waals surface area contributed by atoms with Gasteiger partial charge in [-0.2, -0.15) is 5.10 Å². The van der Waals surface area contributed by atoms with Gasteiger partial charge in [0.05, 0.1) is 19.9 Å². The second-order valence-electron chi connectivity index (χ2n) is 4.87. The van der Waals surface area contributed by atoms with Crippen molar-refractivity contribution < 1.29 is 24.5 Å². The molecule has 0 spiro atoms. The van der Waals surface area contributed by atoms with Crippen molar-refractivity contribution in [2.24, 2.45) is 0 Å². The number of carboxylic acids is 1. The van der Waals surface area contributed by atoms with Crippen molar-refractivity contribution in [1.29, 1.82) is 0 Å². The van der Waals surface area contributed by atoms with Crippen LogP contribution in [0.5, 0.6) is 17.2 Å². The van der Waals surface area contributed by atoms with Gasteiger partial charge in [0.15, 0.2) is 11.5 Å². The Morgan fingerprint density at radius 2 is 1.83 bits per heavy atom. The number of nitrogens with zero attached hydrogens (tertiary/aromatic N) is 2. The summed E-state index contributed by atoms with van der Waals surface area (Å²) >= 11 is 0. The summed E-state index contributed by atoms with van der Waals surface area (Å²) in [5, 5.41) is 22.9. The zero-order chi connectivity index (χ0) is 17.0. The van der Waals surface area contributed by atoms with Crippen LogP contribution in [0, 0.1) is 6.92 Å². The Kier molecular flexibility index (Phi) is 4.90. The van der Waals surface area contributed by atoms with Crippen LogP contribution in [0.2, 0.25) is 0 Å². The lowest BCUT2D eigenvalue weighted by Crippen LogP contribution is -2.11. The molecule has 1 aromatic carbocycles. The van der Waals surface area contributed by atoms with E-state index in [0.29, 0.717) is 17.2 Å². The minimum Gasteiger partial charge on any atom is -0.502 e. The van der Waals surface area contributed by atoms with Gasteiger partial charge in [-0.15, -0.1) is 0 Å². The maximum Gasteiger partial charge on any atom is 0.325 e. The van der Waals surface area contributed by atoms with Gasteiger partial charge in [0.2, 0.25) is 5.75 Å². The second kappa shape index (κ2) is 6.87. The molecular weight excluding hydrogens is 300 g/mol. The zero-order valence-electron chi connectivity index (χ0n) is 13.1. The van der Waals surface area contributed by atoms with Gasteiger partial charge in [0.1, 0.15) is 6.54 Å². The molecule has 0 saturated carbocycles. The van der Waals surface area contributed by atoms with Crippen molar-refractivity contribution in [1.82, 2.24) is 9.78 Å². The molecule has 7 heteroatoms. The molecule has 0 aliphatic heterocycles. The lowest BCUT2D eigenvalue weighted by Gasteiger charge is -2.09. The Labute approximate surface area is 133 Å². The molecule has 122 valence electrons. The van der Waals surface area contributed by atoms with Crippen LogP contribution in [0.15, 0.2) is 18.2 Å².